The van der Waals surface area contributed by atoms with Crippen molar-refractivity contribution >= 4 is 18.0 Å². The van der Waals surface area contributed by atoms with Gasteiger partial charge in [-0.15, -0.1) is 0 Å². The zero-order chi connectivity index (χ0) is 24.1. The van der Waals surface area contributed by atoms with Crippen molar-refractivity contribution in [2.45, 2.75) is 30.7 Å². The van der Waals surface area contributed by atoms with Crippen LogP contribution in [0, 0.1) is 0 Å². The number of hydrogen-bond donors (Lipinski definition) is 6. The Labute approximate surface area is 187 Å². The smallest absolute Gasteiger partial charge is 0.340 e. The number of benzene rings is 2. The van der Waals surface area contributed by atoms with Crippen LogP contribution in [0.5, 0.6) is 17.2 Å². The van der Waals surface area contributed by atoms with Gasteiger partial charge in [-0.2, -0.15) is 0 Å². The van der Waals surface area contributed by atoms with Crippen molar-refractivity contribution in [2.24, 2.45) is 0 Å². The molecule has 0 aliphatic carbocycles. The molecule has 0 spiro atoms. The van der Waals surface area contributed by atoms with E-state index in [1.54, 1.807) is 30.3 Å². The molecule has 3 rings (SSSR count). The molecule has 176 valence electrons. The Morgan fingerprint density at radius 1 is 0.970 bits per heavy atom. The number of hydrogen-bond acceptors (Lipinski definition) is 11. The minimum Gasteiger partial charge on any atom is -0.504 e. The van der Waals surface area contributed by atoms with E-state index in [9.17, 15) is 40.2 Å². The number of esters is 2. The highest BCUT2D eigenvalue weighted by molar-refractivity contribution is 5.91. The van der Waals surface area contributed by atoms with Gasteiger partial charge in [0.05, 0.1) is 12.2 Å². The van der Waals surface area contributed by atoms with E-state index >= 15 is 0 Å². The lowest BCUT2D eigenvalue weighted by Crippen LogP contribution is -2.60. The predicted molar refractivity (Wildman–Crippen MR) is 110 cm³/mol. The lowest BCUT2D eigenvalue weighted by molar-refractivity contribution is -0.288. The Kier molecular flexibility index (Phi) is 7.51. The van der Waals surface area contributed by atoms with Gasteiger partial charge in [0.25, 0.3) is 0 Å². The largest absolute Gasteiger partial charge is 0.504 e. The fourth-order valence-corrected chi connectivity index (χ4v) is 3.07. The van der Waals surface area contributed by atoms with Crippen molar-refractivity contribution in [3.05, 3.63) is 59.7 Å². The van der Waals surface area contributed by atoms with Gasteiger partial charge in [-0.1, -0.05) is 30.3 Å². The van der Waals surface area contributed by atoms with Gasteiger partial charge in [0, 0.05) is 6.08 Å². The molecule has 11 nitrogen and oxygen atoms in total. The summed E-state index contributed by atoms with van der Waals surface area (Å²) in [6.07, 6.45) is -5.77. The van der Waals surface area contributed by atoms with Crippen LogP contribution in [-0.2, 0) is 19.0 Å². The molecule has 1 aliphatic heterocycles. The second kappa shape index (κ2) is 10.3. The first kappa shape index (κ1) is 24.0. The predicted octanol–water partition coefficient (Wildman–Crippen LogP) is 0.0244. The Morgan fingerprint density at radius 2 is 1.61 bits per heavy atom. The average molecular weight is 462 g/mol. The Morgan fingerprint density at radius 3 is 2.21 bits per heavy atom. The van der Waals surface area contributed by atoms with E-state index in [-0.39, 0.29) is 0 Å². The Bertz CT molecular complexity index is 997. The minimum atomic E-state index is -1.79. The number of ether oxygens (including phenoxy) is 3. The number of phenols is 3. The summed E-state index contributed by atoms with van der Waals surface area (Å²) < 4.78 is 15.5. The molecule has 6 N–H and O–H groups in total. The highest BCUT2D eigenvalue weighted by Crippen LogP contribution is 2.36. The van der Waals surface area contributed by atoms with Crippen molar-refractivity contribution in [3.63, 3.8) is 0 Å². The molecule has 0 amide bonds. The average Bonchev–Trinajstić information content (AvgIpc) is 2.81. The van der Waals surface area contributed by atoms with E-state index in [2.05, 4.69) is 0 Å². The van der Waals surface area contributed by atoms with Crippen molar-refractivity contribution in [3.8, 4) is 17.2 Å². The molecule has 1 heterocycles. The molecule has 1 aliphatic rings. The van der Waals surface area contributed by atoms with Crippen LogP contribution in [0.15, 0.2) is 48.5 Å². The summed E-state index contributed by atoms with van der Waals surface area (Å²) in [5, 5.41) is 58.5. The zero-order valence-corrected chi connectivity index (χ0v) is 17.0. The lowest BCUT2D eigenvalue weighted by atomic mass is 9.99. The quantitative estimate of drug-likeness (QED) is 0.193. The Hall–Kier alpha value is -3.64. The third-order valence-electron chi connectivity index (χ3n) is 4.82. The monoisotopic (exact) mass is 462 g/mol. The molecule has 0 bridgehead atoms. The van der Waals surface area contributed by atoms with Gasteiger partial charge in [0.1, 0.15) is 18.3 Å². The van der Waals surface area contributed by atoms with Crippen molar-refractivity contribution in [1.29, 1.82) is 0 Å². The maximum Gasteiger partial charge on any atom is 0.340 e. The zero-order valence-electron chi connectivity index (χ0n) is 17.0. The summed E-state index contributed by atoms with van der Waals surface area (Å²) in [6.45, 7) is -0.748. The summed E-state index contributed by atoms with van der Waals surface area (Å²) in [5.74, 6) is -4.58. The number of rotatable bonds is 6. The van der Waals surface area contributed by atoms with Gasteiger partial charge in [0.15, 0.2) is 23.4 Å². The summed E-state index contributed by atoms with van der Waals surface area (Å²) in [6, 6.07) is 10.4. The van der Waals surface area contributed by atoms with Crippen molar-refractivity contribution in [1.82, 2.24) is 0 Å². The maximum atomic E-state index is 12.5. The first-order valence-electron chi connectivity index (χ1n) is 9.73. The summed E-state index contributed by atoms with van der Waals surface area (Å²) in [7, 11) is 0. The van der Waals surface area contributed by atoms with Crippen LogP contribution < -0.4 is 0 Å². The van der Waals surface area contributed by atoms with Gasteiger partial charge in [-0.3, -0.25) is 0 Å². The number of phenolic OH excluding ortho intramolecular Hbond substituents is 3. The molecule has 0 unspecified atom stereocenters. The number of carbonyl (C=O) groups is 2. The summed E-state index contributed by atoms with van der Waals surface area (Å²) >= 11 is 0. The number of aliphatic hydroxyl groups excluding tert-OH is 3. The molecule has 1 fully saturated rings. The van der Waals surface area contributed by atoms with E-state index in [4.69, 9.17) is 14.2 Å². The van der Waals surface area contributed by atoms with Gasteiger partial charge in [0.2, 0.25) is 6.29 Å². The van der Waals surface area contributed by atoms with Gasteiger partial charge >= 0.3 is 11.9 Å². The summed E-state index contributed by atoms with van der Waals surface area (Å²) in [5.41, 5.74) is 0.284. The van der Waals surface area contributed by atoms with Crippen LogP contribution in [0.4, 0.5) is 0 Å². The Balaban J connectivity index is 1.79. The van der Waals surface area contributed by atoms with E-state index in [1.807, 2.05) is 0 Å². The standard InChI is InChI=1S/C22H22O11/c23-10-15-18(28)19(29)20(32-16(26)7-6-11-4-2-1-3-5-11)22(31-15)33-21(30)12-8-13(24)17(27)14(25)9-12/h1-9,15,18-20,22-25,27-29H,10H2/b7-6+/t15-,18+,19+,20-,22+/m1/s1. The van der Waals surface area contributed by atoms with Crippen molar-refractivity contribution in [2.75, 3.05) is 6.61 Å². The second-order valence-electron chi connectivity index (χ2n) is 7.12. The SMILES string of the molecule is O=C(/C=C/c1ccccc1)O[C@H]1[C@H](OC(=O)c2cc(O)c(O)c(O)c2)O[C@H](CO)[C@H](O)[C@@H]1O. The van der Waals surface area contributed by atoms with Crippen LogP contribution >= 0.6 is 0 Å². The second-order valence-corrected chi connectivity index (χ2v) is 7.12. The lowest BCUT2D eigenvalue weighted by Gasteiger charge is -2.40. The first-order chi connectivity index (χ1) is 15.7. The van der Waals surface area contributed by atoms with E-state index in [0.717, 1.165) is 18.2 Å². The molecule has 33 heavy (non-hydrogen) atoms. The van der Waals surface area contributed by atoms with E-state index < -0.39 is 72.1 Å². The van der Waals surface area contributed by atoms with Crippen LogP contribution in [0.25, 0.3) is 6.08 Å². The number of aromatic hydroxyl groups is 3. The molecule has 11 heteroatoms. The number of aliphatic hydroxyl groups is 3. The van der Waals surface area contributed by atoms with Gasteiger partial charge < -0.3 is 44.8 Å². The molecule has 0 saturated carbocycles. The van der Waals surface area contributed by atoms with Gasteiger partial charge in [-0.25, -0.2) is 9.59 Å². The number of carbonyl (C=O) groups excluding carboxylic acids is 2. The fourth-order valence-electron chi connectivity index (χ4n) is 3.07. The van der Waals surface area contributed by atoms with E-state index in [0.29, 0.717) is 5.56 Å². The molecule has 2 aromatic carbocycles. The first-order valence-corrected chi connectivity index (χ1v) is 9.73. The minimum absolute atomic E-state index is 0.401. The normalized spacial score (nSPS) is 25.0. The maximum absolute atomic E-state index is 12.5. The highest BCUT2D eigenvalue weighted by atomic mass is 16.7. The third kappa shape index (κ3) is 5.59. The van der Waals surface area contributed by atoms with Crippen LogP contribution in [0.1, 0.15) is 15.9 Å². The van der Waals surface area contributed by atoms with Gasteiger partial charge in [-0.05, 0) is 23.8 Å². The third-order valence-corrected chi connectivity index (χ3v) is 4.82. The highest BCUT2D eigenvalue weighted by Gasteiger charge is 2.48. The molecule has 0 aromatic heterocycles. The molecule has 0 radical (unpaired) electrons. The van der Waals surface area contributed by atoms with Crippen molar-refractivity contribution < 1.29 is 54.4 Å². The molecular formula is C22H22O11. The van der Waals surface area contributed by atoms with Crippen LogP contribution in [-0.4, -0.2) is 79.9 Å². The fraction of sp³-hybridized carbons (Fsp3) is 0.273. The molecule has 5 atom stereocenters. The molecule has 1 saturated heterocycles. The van der Waals surface area contributed by atoms with Crippen LogP contribution in [0.3, 0.4) is 0 Å². The van der Waals surface area contributed by atoms with Crippen LogP contribution in [0.2, 0.25) is 0 Å². The molecule has 2 aromatic rings. The topological polar surface area (TPSA) is 183 Å². The van der Waals surface area contributed by atoms with E-state index in [1.165, 1.54) is 6.08 Å². The molecular weight excluding hydrogens is 440 g/mol. The summed E-state index contributed by atoms with van der Waals surface area (Å²) in [4.78, 5) is 24.8.